The van der Waals surface area contributed by atoms with Crippen LogP contribution in [0.25, 0.3) is 0 Å². The zero-order chi connectivity index (χ0) is 15.6. The van der Waals surface area contributed by atoms with Crippen molar-refractivity contribution < 1.29 is 0 Å². The first-order valence-corrected chi connectivity index (χ1v) is 16.7. The van der Waals surface area contributed by atoms with E-state index in [1.54, 1.807) is 0 Å². The lowest BCUT2D eigenvalue weighted by Gasteiger charge is -2.04. The van der Waals surface area contributed by atoms with Crippen LogP contribution in [0.15, 0.2) is 0 Å². The second-order valence-electron chi connectivity index (χ2n) is 5.87. The summed E-state index contributed by atoms with van der Waals surface area (Å²) in [5.74, 6) is 2.66. The summed E-state index contributed by atoms with van der Waals surface area (Å²) in [5, 5.41) is 0. The summed E-state index contributed by atoms with van der Waals surface area (Å²) in [6.07, 6.45) is 20.4. The first kappa shape index (κ1) is 22.1. The molecule has 1 aliphatic heterocycles. The maximum absolute atomic E-state index is 2.04. The van der Waals surface area contributed by atoms with Gasteiger partial charge in [-0.1, -0.05) is 98.6 Å². The molecular formula is C16H32S6. The molecule has 0 aliphatic carbocycles. The Kier molecular flexibility index (Phi) is 19.5. The van der Waals surface area contributed by atoms with E-state index in [-0.39, 0.29) is 0 Å². The van der Waals surface area contributed by atoms with E-state index >= 15 is 0 Å². The molecule has 0 amide bonds. The molecule has 0 atom stereocenters. The second-order valence-corrected chi connectivity index (χ2v) is 15.6. The Morgan fingerprint density at radius 1 is 0.273 bits per heavy atom. The van der Waals surface area contributed by atoms with Crippen LogP contribution in [0.1, 0.15) is 89.9 Å². The average Bonchev–Trinajstić information content (AvgIpc) is 2.53. The van der Waals surface area contributed by atoms with Gasteiger partial charge in [0.25, 0.3) is 0 Å². The van der Waals surface area contributed by atoms with E-state index in [1.165, 1.54) is 101 Å². The van der Waals surface area contributed by atoms with E-state index in [4.69, 9.17) is 0 Å². The number of hydrogen-bond donors (Lipinski definition) is 0. The molecule has 0 spiro atoms. The zero-order valence-corrected chi connectivity index (χ0v) is 18.7. The van der Waals surface area contributed by atoms with Crippen molar-refractivity contribution in [3.8, 4) is 0 Å². The van der Waals surface area contributed by atoms with Crippen molar-refractivity contribution in [3.63, 3.8) is 0 Å². The van der Waals surface area contributed by atoms with Crippen LogP contribution in [0.2, 0.25) is 0 Å². The molecule has 132 valence electrons. The van der Waals surface area contributed by atoms with Crippen LogP contribution >= 0.6 is 60.9 Å². The molecule has 0 aromatic heterocycles. The predicted molar refractivity (Wildman–Crippen MR) is 120 cm³/mol. The summed E-state index contributed by atoms with van der Waals surface area (Å²) < 4.78 is 0. The summed E-state index contributed by atoms with van der Waals surface area (Å²) in [7, 11) is 11.9. The molecule has 0 unspecified atom stereocenters. The third kappa shape index (κ3) is 16.9. The first-order chi connectivity index (χ1) is 11.0. The van der Waals surface area contributed by atoms with E-state index in [9.17, 15) is 0 Å². The Bertz CT molecular complexity index is 117. The first-order valence-electron chi connectivity index (χ1n) is 8.91. The molecule has 1 aliphatic rings. The minimum absolute atomic E-state index is 1.33. The maximum Gasteiger partial charge on any atom is 0.00454 e. The van der Waals surface area contributed by atoms with E-state index in [0.29, 0.717) is 0 Å². The molecule has 0 radical (unpaired) electrons. The highest BCUT2D eigenvalue weighted by Crippen LogP contribution is 2.52. The van der Waals surface area contributed by atoms with Gasteiger partial charge in [0.1, 0.15) is 0 Å². The summed E-state index contributed by atoms with van der Waals surface area (Å²) >= 11 is 0. The van der Waals surface area contributed by atoms with Crippen LogP contribution < -0.4 is 0 Å². The van der Waals surface area contributed by atoms with Crippen LogP contribution in [-0.4, -0.2) is 11.5 Å². The fourth-order valence-corrected chi connectivity index (χ4v) is 14.3. The third-order valence-corrected chi connectivity index (χ3v) is 15.0. The molecule has 0 aromatic carbocycles. The number of rotatable bonds is 0. The molecule has 1 heterocycles. The van der Waals surface area contributed by atoms with Crippen molar-refractivity contribution in [2.24, 2.45) is 0 Å². The van der Waals surface area contributed by atoms with Crippen LogP contribution in [0.5, 0.6) is 0 Å². The lowest BCUT2D eigenvalue weighted by atomic mass is 10.0. The molecular weight excluding hydrogens is 385 g/mol. The molecule has 0 N–H and O–H groups in total. The molecule has 0 nitrogen and oxygen atoms in total. The van der Waals surface area contributed by atoms with Crippen LogP contribution in [0, 0.1) is 0 Å². The molecule has 0 aromatic rings. The Labute approximate surface area is 161 Å². The Balaban J connectivity index is 2.00. The highest BCUT2D eigenvalue weighted by Gasteiger charge is 1.98. The van der Waals surface area contributed by atoms with Crippen molar-refractivity contribution in [2.75, 3.05) is 11.5 Å². The zero-order valence-electron chi connectivity index (χ0n) is 13.8. The van der Waals surface area contributed by atoms with Crippen molar-refractivity contribution in [1.82, 2.24) is 0 Å². The monoisotopic (exact) mass is 416 g/mol. The van der Waals surface area contributed by atoms with Gasteiger partial charge in [0.15, 0.2) is 0 Å². The quantitative estimate of drug-likeness (QED) is 0.358. The van der Waals surface area contributed by atoms with Gasteiger partial charge in [0.2, 0.25) is 0 Å². The van der Waals surface area contributed by atoms with Crippen molar-refractivity contribution in [2.45, 2.75) is 89.9 Å². The van der Waals surface area contributed by atoms with E-state index < -0.39 is 0 Å². The standard InChI is InChI=1S/C16H32S6/c1-2-4-6-8-10-12-14-16-18-20-22-21-19-17-15-13-11-9-7-5-3-1/h1-16H2. The minimum Gasteiger partial charge on any atom is -0.0817 e. The van der Waals surface area contributed by atoms with Crippen molar-refractivity contribution in [3.05, 3.63) is 0 Å². The van der Waals surface area contributed by atoms with Gasteiger partial charge in [-0.15, -0.1) is 0 Å². The summed E-state index contributed by atoms with van der Waals surface area (Å²) in [4.78, 5) is 0. The summed E-state index contributed by atoms with van der Waals surface area (Å²) in [6, 6.07) is 0. The average molecular weight is 417 g/mol. The molecule has 1 fully saturated rings. The Hall–Kier alpha value is 2.10. The topological polar surface area (TPSA) is 0 Å². The van der Waals surface area contributed by atoms with E-state index in [2.05, 4.69) is 0 Å². The third-order valence-electron chi connectivity index (χ3n) is 3.88. The largest absolute Gasteiger partial charge is 0.0817 e. The normalized spacial score (nSPS) is 24.0. The number of hydrogen-bond acceptors (Lipinski definition) is 6. The van der Waals surface area contributed by atoms with Gasteiger partial charge in [0, 0.05) is 11.5 Å². The van der Waals surface area contributed by atoms with Gasteiger partial charge < -0.3 is 0 Å². The molecule has 0 bridgehead atoms. The Morgan fingerprint density at radius 2 is 0.545 bits per heavy atom. The van der Waals surface area contributed by atoms with Crippen LogP contribution in [0.3, 0.4) is 0 Å². The molecule has 0 saturated carbocycles. The maximum atomic E-state index is 2.04. The van der Waals surface area contributed by atoms with Gasteiger partial charge in [-0.25, -0.2) is 0 Å². The molecule has 1 rings (SSSR count). The van der Waals surface area contributed by atoms with Crippen molar-refractivity contribution in [1.29, 1.82) is 0 Å². The van der Waals surface area contributed by atoms with Crippen LogP contribution in [-0.2, 0) is 0 Å². The summed E-state index contributed by atoms with van der Waals surface area (Å²) in [6.45, 7) is 0. The minimum atomic E-state index is 1.33. The van der Waals surface area contributed by atoms with Gasteiger partial charge in [-0.2, -0.15) is 0 Å². The van der Waals surface area contributed by atoms with Gasteiger partial charge in [-0.3, -0.25) is 0 Å². The fourth-order valence-electron chi connectivity index (χ4n) is 2.57. The van der Waals surface area contributed by atoms with Crippen molar-refractivity contribution >= 4 is 60.9 Å². The highest BCUT2D eigenvalue weighted by atomic mass is 33.9. The van der Waals surface area contributed by atoms with Crippen LogP contribution in [0.4, 0.5) is 0 Å². The van der Waals surface area contributed by atoms with E-state index in [0.717, 1.165) is 0 Å². The van der Waals surface area contributed by atoms with Gasteiger partial charge >= 0.3 is 0 Å². The fraction of sp³-hybridized carbons (Fsp3) is 1.00. The highest BCUT2D eigenvalue weighted by molar-refractivity contribution is 9.41. The summed E-state index contributed by atoms with van der Waals surface area (Å²) in [5.41, 5.74) is 0. The predicted octanol–water partition coefficient (Wildman–Crippen LogP) is 9.44. The SMILES string of the molecule is C1CCCCCCCCSSSSSSCCCCCCC1. The lowest BCUT2D eigenvalue weighted by Crippen LogP contribution is -1.84. The smallest absolute Gasteiger partial charge is 0.00454 e. The Morgan fingerprint density at radius 3 is 0.864 bits per heavy atom. The van der Waals surface area contributed by atoms with E-state index in [1.807, 2.05) is 60.9 Å². The van der Waals surface area contributed by atoms with Gasteiger partial charge in [-0.05, 0) is 52.1 Å². The van der Waals surface area contributed by atoms with Gasteiger partial charge in [0.05, 0.1) is 0 Å². The molecule has 22 heavy (non-hydrogen) atoms. The molecule has 6 heteroatoms. The second kappa shape index (κ2) is 19.4. The molecule has 1 saturated heterocycles. The lowest BCUT2D eigenvalue weighted by molar-refractivity contribution is 0.539.